The molecule has 0 radical (unpaired) electrons. The van der Waals surface area contributed by atoms with Gasteiger partial charge in [0, 0.05) is 39.2 Å². The molecule has 8 rings (SSSR count). The number of carbonyl (C=O) groups excluding carboxylic acids is 3. The third-order valence-corrected chi connectivity index (χ3v) is 12.1. The number of amides is 3. The summed E-state index contributed by atoms with van der Waals surface area (Å²) in [6.07, 6.45) is -6.71. The molecular weight excluding hydrogens is 1190 g/mol. The first kappa shape index (κ1) is 63.9. The molecule has 0 aliphatic heterocycles. The molecule has 0 saturated carbocycles. The zero-order valence-electron chi connectivity index (χ0n) is 45.3. The van der Waals surface area contributed by atoms with Crippen molar-refractivity contribution in [2.24, 2.45) is 0 Å². The lowest BCUT2D eigenvalue weighted by atomic mass is 10.0. The predicted molar refractivity (Wildman–Crippen MR) is 292 cm³/mol. The molecule has 6 aromatic heterocycles. The minimum absolute atomic E-state index is 0.0625. The zero-order chi connectivity index (χ0) is 61.8. The zero-order valence-corrected chi connectivity index (χ0v) is 48.3. The number of carboxylic acid groups (broad SMARTS) is 1. The molecule has 6 heterocycles. The molecule has 8 aromatic rings. The van der Waals surface area contributed by atoms with Crippen LogP contribution in [0.5, 0.6) is 0 Å². The molecule has 6 N–H and O–H groups in total. The van der Waals surface area contributed by atoms with Gasteiger partial charge in [-0.25, -0.2) is 24.1 Å². The number of benzene rings is 2. The predicted octanol–water partition coefficient (Wildman–Crippen LogP) is 10.3. The van der Waals surface area contributed by atoms with E-state index in [4.69, 9.17) is 52.1 Å². The number of halogens is 10. The van der Waals surface area contributed by atoms with Crippen LogP contribution in [0, 0.1) is 13.8 Å². The van der Waals surface area contributed by atoms with E-state index in [1.807, 2.05) is 27.7 Å². The molecule has 0 aliphatic carbocycles. The van der Waals surface area contributed by atoms with Crippen molar-refractivity contribution >= 4 is 81.5 Å². The largest absolute Gasteiger partial charge is 0.477 e. The summed E-state index contributed by atoms with van der Waals surface area (Å²) in [5.41, 5.74) is 7.38. The minimum atomic E-state index is -4.79. The number of pyridine rings is 2. The second-order valence-electron chi connectivity index (χ2n) is 20.1. The van der Waals surface area contributed by atoms with Crippen molar-refractivity contribution in [2.45, 2.75) is 105 Å². The smallest absolute Gasteiger partial charge is 0.455 e. The summed E-state index contributed by atoms with van der Waals surface area (Å²) >= 11 is 24.5. The molecule has 2 aromatic carbocycles. The highest BCUT2D eigenvalue weighted by Crippen LogP contribution is 2.32. The fourth-order valence-electron chi connectivity index (χ4n) is 7.18. The number of nitrogens with zero attached hydrogens (tertiary/aromatic N) is 14. The van der Waals surface area contributed by atoms with Gasteiger partial charge in [-0.05, 0) is 151 Å². The van der Waals surface area contributed by atoms with Gasteiger partial charge in [-0.15, -0.1) is 20.4 Å². The molecule has 0 spiro atoms. The quantitative estimate of drug-likeness (QED) is 0.0594. The summed E-state index contributed by atoms with van der Waals surface area (Å²) in [6, 6.07) is 13.1. The van der Waals surface area contributed by atoms with Crippen LogP contribution in [0.2, 0.25) is 20.1 Å². The Labute approximate surface area is 487 Å². The number of nitrogens with two attached hydrogens (primary N) is 1. The van der Waals surface area contributed by atoms with Crippen LogP contribution in [0.1, 0.15) is 143 Å². The monoisotopic (exact) mass is 1240 g/mol. The number of nitrogens with one attached hydrogen (secondary N) is 3. The van der Waals surface area contributed by atoms with E-state index in [0.29, 0.717) is 31.7 Å². The summed E-state index contributed by atoms with van der Waals surface area (Å²) in [4.78, 5) is 59.8. The molecule has 83 heavy (non-hydrogen) atoms. The van der Waals surface area contributed by atoms with Crippen LogP contribution in [0.3, 0.4) is 0 Å². The van der Waals surface area contributed by atoms with E-state index in [1.54, 1.807) is 58.0 Å². The summed E-state index contributed by atoms with van der Waals surface area (Å²) in [5, 5.41) is 46.9. The number of carbonyl (C=O) groups is 4. The molecule has 0 bridgehead atoms. The van der Waals surface area contributed by atoms with Gasteiger partial charge in [-0.1, -0.05) is 46.4 Å². The average Bonchev–Trinajstić information content (AvgIpc) is 4.29. The van der Waals surface area contributed by atoms with Gasteiger partial charge in [0.2, 0.25) is 0 Å². The Bertz CT molecular complexity index is 3720. The normalized spacial score (nSPS) is 12.5. The van der Waals surface area contributed by atoms with Crippen LogP contribution >= 0.6 is 46.4 Å². The van der Waals surface area contributed by atoms with Crippen LogP contribution in [0.15, 0.2) is 73.1 Å². The maximum atomic E-state index is 13.7. The lowest BCUT2D eigenvalue weighted by Crippen LogP contribution is -2.41. The molecular formula is C50H50Cl4F6N18O5. The Balaban J connectivity index is 0.000000223. The van der Waals surface area contributed by atoms with Crippen LogP contribution in [-0.2, 0) is 12.4 Å². The van der Waals surface area contributed by atoms with Gasteiger partial charge in [0.05, 0.1) is 38.2 Å². The Hall–Kier alpha value is -8.28. The van der Waals surface area contributed by atoms with Crippen LogP contribution in [-0.4, -0.2) is 110 Å². The van der Waals surface area contributed by atoms with Crippen molar-refractivity contribution in [2.75, 3.05) is 11.1 Å². The number of aromatic nitrogens is 14. The summed E-state index contributed by atoms with van der Waals surface area (Å²) < 4.78 is 79.1. The SMILES string of the molecule is CC(c1cc(C(=O)O)n(-c2ncccc2Cl)n1)n1nnc(C(F)(F)F)n1.Cc1cc(Cl)cc(C(=O)NC(C)(C)C)c1N.Cc1cc(Cl)cc(C(=O)NC(C)(C)C)c1NC(=O)c1cc(C(C)n2nnc(C(F)(F)F)n2)nn1-c1ncccc1Cl. The van der Waals surface area contributed by atoms with Crippen LogP contribution < -0.4 is 21.7 Å². The number of tetrazole rings is 2. The molecule has 3 amide bonds. The van der Waals surface area contributed by atoms with E-state index in [9.17, 15) is 50.6 Å². The number of alkyl halides is 6. The van der Waals surface area contributed by atoms with Gasteiger partial charge in [0.15, 0.2) is 17.3 Å². The van der Waals surface area contributed by atoms with Gasteiger partial charge in [-0.3, -0.25) is 14.4 Å². The highest BCUT2D eigenvalue weighted by Gasteiger charge is 2.39. The number of aryl methyl sites for hydroxylation is 2. The van der Waals surface area contributed by atoms with Gasteiger partial charge >= 0.3 is 18.3 Å². The van der Waals surface area contributed by atoms with Gasteiger partial charge in [0.1, 0.15) is 17.8 Å². The summed E-state index contributed by atoms with van der Waals surface area (Å²) in [7, 11) is 0. The summed E-state index contributed by atoms with van der Waals surface area (Å²) in [6.45, 7) is 17.6. The van der Waals surface area contributed by atoms with Gasteiger partial charge in [-0.2, -0.15) is 46.1 Å². The number of hydrogen-bond acceptors (Lipinski definition) is 15. The first-order chi connectivity index (χ1) is 38.4. The molecule has 2 unspecified atom stereocenters. The number of carboxylic acids is 1. The Morgan fingerprint density at radius 1 is 0.590 bits per heavy atom. The van der Waals surface area contributed by atoms with Gasteiger partial charge < -0.3 is 26.8 Å². The average molecular weight is 1240 g/mol. The Kier molecular flexibility index (Phi) is 19.3. The third kappa shape index (κ3) is 16.0. The van der Waals surface area contributed by atoms with Crippen LogP contribution in [0.25, 0.3) is 11.6 Å². The van der Waals surface area contributed by atoms with E-state index in [0.717, 1.165) is 19.7 Å². The Morgan fingerprint density at radius 2 is 1.00 bits per heavy atom. The number of nitrogen functional groups attached to an aromatic ring is 1. The van der Waals surface area contributed by atoms with Crippen LogP contribution in [0.4, 0.5) is 37.7 Å². The van der Waals surface area contributed by atoms with E-state index in [2.05, 4.69) is 66.9 Å². The lowest BCUT2D eigenvalue weighted by molar-refractivity contribution is -0.145. The first-order valence-electron chi connectivity index (χ1n) is 24.1. The minimum Gasteiger partial charge on any atom is -0.477 e. The fourth-order valence-corrected chi connectivity index (χ4v) is 8.12. The number of hydrogen-bond donors (Lipinski definition) is 5. The highest BCUT2D eigenvalue weighted by atomic mass is 35.5. The number of aromatic carboxylic acids is 1. The van der Waals surface area contributed by atoms with Crippen molar-refractivity contribution in [1.82, 2.24) is 80.6 Å². The molecule has 440 valence electrons. The summed E-state index contributed by atoms with van der Waals surface area (Å²) in [5.74, 6) is -5.38. The lowest BCUT2D eigenvalue weighted by Gasteiger charge is -2.22. The molecule has 2 atom stereocenters. The van der Waals surface area contributed by atoms with Crippen molar-refractivity contribution in [1.29, 1.82) is 0 Å². The van der Waals surface area contributed by atoms with Crippen molar-refractivity contribution in [3.05, 3.63) is 150 Å². The third-order valence-electron chi connectivity index (χ3n) is 11.1. The molecule has 33 heteroatoms. The van der Waals surface area contributed by atoms with Crippen molar-refractivity contribution in [3.63, 3.8) is 0 Å². The van der Waals surface area contributed by atoms with E-state index in [-0.39, 0.29) is 67.2 Å². The number of anilines is 2. The maximum absolute atomic E-state index is 13.7. The Morgan fingerprint density at radius 3 is 1.41 bits per heavy atom. The van der Waals surface area contributed by atoms with Crippen molar-refractivity contribution < 1.29 is 50.6 Å². The number of rotatable bonds is 11. The molecule has 0 fully saturated rings. The van der Waals surface area contributed by atoms with Crippen molar-refractivity contribution in [3.8, 4) is 11.6 Å². The molecule has 0 saturated heterocycles. The topological polar surface area (TPSA) is 299 Å². The maximum Gasteiger partial charge on any atom is 0.455 e. The van der Waals surface area contributed by atoms with E-state index in [1.165, 1.54) is 56.6 Å². The second kappa shape index (κ2) is 25.1. The van der Waals surface area contributed by atoms with Gasteiger partial charge in [0.25, 0.3) is 29.4 Å². The molecule has 0 aliphatic rings. The fraction of sp³-hybridized carbons (Fsp3) is 0.320. The highest BCUT2D eigenvalue weighted by molar-refractivity contribution is 6.33. The first-order valence-corrected chi connectivity index (χ1v) is 25.7. The standard InChI is InChI=1S/C25H24Cl2F3N9O2.C13H9ClF3N7O2.C12H17ClN2O/c1-12-9-14(26)10-15(21(40)33-24(3,4)5)19(12)32-22(41)18-11-17(35-38(18)20-16(27)7-6-8-31-20)13(2)39-36-23(34-37-39)25(28,29)30;1-6(24-21-12(19-22-24)13(15,16)17)8-5-9(11(25)26)23(20-8)10-7(14)3-2-4-18-10;1-7-5-8(13)6-9(10(7)14)11(16)15-12(2,3)4/h6-11,13H,1-5H3,(H,32,41)(H,33,40);2-6H,1H3,(H,25,26);5-6H,14H2,1-4H3,(H,15,16). The van der Waals surface area contributed by atoms with E-state index < -0.39 is 59.4 Å². The second-order valence-corrected chi connectivity index (χ2v) is 21.7. The molecule has 23 nitrogen and oxygen atoms in total. The van der Waals surface area contributed by atoms with E-state index >= 15 is 0 Å².